The molecular formula is C26H35N5O6. The number of hydrogen-bond acceptors (Lipinski definition) is 7. The molecule has 2 saturated heterocycles. The Morgan fingerprint density at radius 2 is 1.73 bits per heavy atom. The normalized spacial score (nSPS) is 21.7. The monoisotopic (exact) mass is 513 g/mol. The van der Waals surface area contributed by atoms with Crippen molar-refractivity contribution >= 4 is 35.4 Å². The van der Waals surface area contributed by atoms with E-state index in [0.717, 1.165) is 49.7 Å². The van der Waals surface area contributed by atoms with Gasteiger partial charge in [-0.1, -0.05) is 0 Å². The Balaban J connectivity index is 1.36. The van der Waals surface area contributed by atoms with Crippen LogP contribution in [-0.2, 0) is 9.59 Å². The summed E-state index contributed by atoms with van der Waals surface area (Å²) in [5.41, 5.74) is 0.916. The summed E-state index contributed by atoms with van der Waals surface area (Å²) < 4.78 is 0. The minimum Gasteiger partial charge on any atom is -0.465 e. The number of imide groups is 2. The summed E-state index contributed by atoms with van der Waals surface area (Å²) in [6.07, 6.45) is 0.0344. The van der Waals surface area contributed by atoms with Gasteiger partial charge in [0.25, 0.3) is 11.8 Å². The lowest BCUT2D eigenvalue weighted by atomic mass is 10.0. The molecule has 3 aliphatic rings. The molecule has 4 rings (SSSR count). The van der Waals surface area contributed by atoms with Gasteiger partial charge in [0.1, 0.15) is 6.04 Å². The van der Waals surface area contributed by atoms with Crippen LogP contribution in [0.2, 0.25) is 0 Å². The van der Waals surface area contributed by atoms with Crippen molar-refractivity contribution in [1.82, 2.24) is 20.0 Å². The number of piperazine rings is 1. The van der Waals surface area contributed by atoms with Crippen LogP contribution in [0.25, 0.3) is 0 Å². The molecule has 5 amide bonds. The number of anilines is 1. The molecule has 0 radical (unpaired) electrons. The van der Waals surface area contributed by atoms with Gasteiger partial charge in [0, 0.05) is 56.4 Å². The first-order chi connectivity index (χ1) is 17.4. The van der Waals surface area contributed by atoms with E-state index >= 15 is 0 Å². The van der Waals surface area contributed by atoms with Crippen LogP contribution in [0.1, 0.15) is 67.7 Å². The van der Waals surface area contributed by atoms with Crippen LogP contribution in [0.5, 0.6) is 0 Å². The van der Waals surface area contributed by atoms with Gasteiger partial charge in [0.05, 0.1) is 11.1 Å². The number of fused-ring (bicyclic) bond motifs is 1. The Bertz CT molecular complexity index is 1120. The van der Waals surface area contributed by atoms with Crippen molar-refractivity contribution in [3.63, 3.8) is 0 Å². The second-order valence-electron chi connectivity index (χ2n) is 11.0. The van der Waals surface area contributed by atoms with Crippen LogP contribution in [0.15, 0.2) is 18.2 Å². The van der Waals surface area contributed by atoms with Gasteiger partial charge in [-0.2, -0.15) is 0 Å². The van der Waals surface area contributed by atoms with E-state index in [0.29, 0.717) is 0 Å². The lowest BCUT2D eigenvalue weighted by Gasteiger charge is -2.40. The number of carbonyl (C=O) groups excluding carboxylic acids is 4. The second-order valence-corrected chi connectivity index (χ2v) is 11.0. The zero-order valence-electron chi connectivity index (χ0n) is 21.8. The van der Waals surface area contributed by atoms with Crippen LogP contribution in [0, 0.1) is 0 Å². The molecule has 0 aromatic heterocycles. The maximum Gasteiger partial charge on any atom is 0.407 e. The number of benzene rings is 1. The van der Waals surface area contributed by atoms with E-state index in [1.165, 1.54) is 4.90 Å². The molecule has 11 heteroatoms. The largest absolute Gasteiger partial charge is 0.465 e. The first-order valence-corrected chi connectivity index (χ1v) is 12.7. The first-order valence-electron chi connectivity index (χ1n) is 12.7. The predicted molar refractivity (Wildman–Crippen MR) is 135 cm³/mol. The highest BCUT2D eigenvalue weighted by molar-refractivity contribution is 6.23. The Labute approximate surface area is 216 Å². The summed E-state index contributed by atoms with van der Waals surface area (Å²) in [5, 5.41) is 11.8. The molecule has 0 bridgehead atoms. The van der Waals surface area contributed by atoms with Crippen LogP contribution < -0.4 is 10.2 Å². The van der Waals surface area contributed by atoms with E-state index < -0.39 is 41.3 Å². The second kappa shape index (κ2) is 10.1. The predicted octanol–water partition coefficient (Wildman–Crippen LogP) is 1.77. The van der Waals surface area contributed by atoms with Crippen molar-refractivity contribution in [2.24, 2.45) is 0 Å². The molecule has 0 aliphatic carbocycles. The van der Waals surface area contributed by atoms with E-state index in [1.54, 1.807) is 12.1 Å². The fraction of sp³-hybridized carbons (Fsp3) is 0.577. The molecule has 2 atom stereocenters. The highest BCUT2D eigenvalue weighted by Crippen LogP contribution is 2.31. The Hall–Kier alpha value is -3.47. The number of piperidine rings is 1. The van der Waals surface area contributed by atoms with Crippen LogP contribution in [0.4, 0.5) is 10.5 Å². The van der Waals surface area contributed by atoms with Gasteiger partial charge in [-0.25, -0.2) is 4.79 Å². The minimum atomic E-state index is -0.977. The van der Waals surface area contributed by atoms with E-state index in [-0.39, 0.29) is 30.0 Å². The van der Waals surface area contributed by atoms with E-state index in [1.807, 2.05) is 33.8 Å². The minimum absolute atomic E-state index is 0.0860. The van der Waals surface area contributed by atoms with Crippen molar-refractivity contribution in [3.8, 4) is 0 Å². The van der Waals surface area contributed by atoms with Gasteiger partial charge in [-0.15, -0.1) is 0 Å². The molecule has 3 heterocycles. The molecule has 0 spiro atoms. The Morgan fingerprint density at radius 3 is 2.32 bits per heavy atom. The molecule has 1 aromatic rings. The maximum absolute atomic E-state index is 13.1. The highest BCUT2D eigenvalue weighted by atomic mass is 16.4. The average Bonchev–Trinajstić information content (AvgIpc) is 3.06. The third-order valence-corrected chi connectivity index (χ3v) is 7.39. The number of nitrogens with one attached hydrogen (secondary N) is 1. The molecule has 11 nitrogen and oxygen atoms in total. The zero-order valence-corrected chi connectivity index (χ0v) is 21.8. The van der Waals surface area contributed by atoms with Gasteiger partial charge in [-0.3, -0.25) is 34.3 Å². The molecular weight excluding hydrogens is 478 g/mol. The molecule has 0 saturated carbocycles. The smallest absolute Gasteiger partial charge is 0.407 e. The zero-order chi connectivity index (χ0) is 27.1. The molecule has 1 aromatic carbocycles. The van der Waals surface area contributed by atoms with Crippen molar-refractivity contribution in [1.29, 1.82) is 0 Å². The van der Waals surface area contributed by atoms with Gasteiger partial charge < -0.3 is 14.9 Å². The summed E-state index contributed by atoms with van der Waals surface area (Å²) in [5.74, 6) is -2.04. The standard InChI is InChI=1S/C26H35N5O6/c1-16(31(25(36)37)26(2,3)4)9-10-28-11-13-29(14-12-28)17-5-6-18-19(15-17)24(35)30(23(18)34)20-7-8-21(32)27-22(20)33/h5-6,15-16,20H,7-14H2,1-4H3,(H,36,37)(H,27,32,33). The van der Waals surface area contributed by atoms with Gasteiger partial charge in [0.15, 0.2) is 0 Å². The number of nitrogens with zero attached hydrogens (tertiary/aromatic N) is 4. The summed E-state index contributed by atoms with van der Waals surface area (Å²) in [7, 11) is 0. The molecule has 37 heavy (non-hydrogen) atoms. The average molecular weight is 514 g/mol. The lowest BCUT2D eigenvalue weighted by molar-refractivity contribution is -0.136. The Morgan fingerprint density at radius 1 is 1.08 bits per heavy atom. The molecule has 2 N–H and O–H groups in total. The van der Waals surface area contributed by atoms with Crippen molar-refractivity contribution < 1.29 is 29.1 Å². The lowest BCUT2D eigenvalue weighted by Crippen LogP contribution is -2.54. The van der Waals surface area contributed by atoms with Crippen LogP contribution in [0.3, 0.4) is 0 Å². The summed E-state index contributed by atoms with van der Waals surface area (Å²) in [6.45, 7) is 11.5. The number of rotatable bonds is 6. The summed E-state index contributed by atoms with van der Waals surface area (Å²) >= 11 is 0. The molecule has 2 unspecified atom stereocenters. The van der Waals surface area contributed by atoms with Crippen molar-refractivity contribution in [3.05, 3.63) is 29.3 Å². The third-order valence-electron chi connectivity index (χ3n) is 7.39. The van der Waals surface area contributed by atoms with Gasteiger partial charge >= 0.3 is 6.09 Å². The summed E-state index contributed by atoms with van der Waals surface area (Å²) in [4.78, 5) is 68.5. The van der Waals surface area contributed by atoms with Gasteiger partial charge in [-0.05, 0) is 58.7 Å². The van der Waals surface area contributed by atoms with E-state index in [9.17, 15) is 29.1 Å². The van der Waals surface area contributed by atoms with E-state index in [4.69, 9.17) is 0 Å². The first kappa shape index (κ1) is 26.6. The summed E-state index contributed by atoms with van der Waals surface area (Å²) in [6, 6.07) is 4.09. The fourth-order valence-corrected chi connectivity index (χ4v) is 5.52. The van der Waals surface area contributed by atoms with Crippen LogP contribution in [-0.4, -0.2) is 99.9 Å². The van der Waals surface area contributed by atoms with Crippen molar-refractivity contribution in [2.45, 2.75) is 64.6 Å². The fourth-order valence-electron chi connectivity index (χ4n) is 5.52. The third kappa shape index (κ3) is 5.31. The highest BCUT2D eigenvalue weighted by Gasteiger charge is 2.44. The van der Waals surface area contributed by atoms with E-state index in [2.05, 4.69) is 15.1 Å². The quantitative estimate of drug-likeness (QED) is 0.551. The maximum atomic E-state index is 13.1. The number of carboxylic acid groups (broad SMARTS) is 1. The molecule has 3 aliphatic heterocycles. The topological polar surface area (TPSA) is 131 Å². The number of amides is 5. The Kier molecular flexibility index (Phi) is 7.27. The number of hydrogen-bond donors (Lipinski definition) is 2. The SMILES string of the molecule is CC(CCN1CCN(c2ccc3c(c2)C(=O)N(C2CCC(=O)NC2=O)C3=O)CC1)N(C(=O)O)C(C)(C)C. The number of carbonyl (C=O) groups is 5. The van der Waals surface area contributed by atoms with Crippen LogP contribution >= 0.6 is 0 Å². The van der Waals surface area contributed by atoms with Crippen molar-refractivity contribution in [2.75, 3.05) is 37.6 Å². The molecule has 2 fully saturated rings. The van der Waals surface area contributed by atoms with Gasteiger partial charge in [0.2, 0.25) is 11.8 Å². The molecule has 200 valence electrons.